The number of H-pyrrole nitrogens is 2. The number of nitrogens with one attached hydrogen (secondary N) is 3. The fourth-order valence-electron chi connectivity index (χ4n) is 5.09. The molecule has 1 aliphatic heterocycles. The van der Waals surface area contributed by atoms with Gasteiger partial charge in [-0.2, -0.15) is 5.10 Å². The van der Waals surface area contributed by atoms with Crippen molar-refractivity contribution in [2.45, 2.75) is 32.7 Å². The molecule has 3 aromatic heterocycles. The Balaban J connectivity index is 1.40. The highest BCUT2D eigenvalue weighted by molar-refractivity contribution is 6.00. The molecule has 0 spiro atoms. The number of fused-ring (bicyclic) bond motifs is 2. The number of piperidine rings is 1. The normalized spacial score (nSPS) is 14.3. The van der Waals surface area contributed by atoms with E-state index in [0.29, 0.717) is 0 Å². The number of hydrogen-bond donors (Lipinski definition) is 3. The van der Waals surface area contributed by atoms with Crippen molar-refractivity contribution in [3.63, 3.8) is 0 Å². The third-order valence-corrected chi connectivity index (χ3v) is 6.86. The van der Waals surface area contributed by atoms with Crippen molar-refractivity contribution in [3.05, 3.63) is 66.5 Å². The van der Waals surface area contributed by atoms with E-state index in [0.717, 1.165) is 65.1 Å². The number of aromatic amines is 2. The molecule has 1 aliphatic rings. The minimum Gasteiger partial charge on any atom is -0.371 e. The Labute approximate surface area is 199 Å². The van der Waals surface area contributed by atoms with Crippen LogP contribution in [0.3, 0.4) is 0 Å². The second kappa shape index (κ2) is 8.95. The average molecular weight is 451 g/mol. The Morgan fingerprint density at radius 1 is 0.912 bits per heavy atom. The monoisotopic (exact) mass is 450 g/mol. The van der Waals surface area contributed by atoms with Gasteiger partial charge in [0, 0.05) is 59.6 Å². The summed E-state index contributed by atoms with van der Waals surface area (Å²) in [5.74, 6) is 0. The fraction of sp³-hybridized carbons (Fsp3) is 0.286. The molecule has 6 heteroatoms. The first-order chi connectivity index (χ1) is 16.8. The molecule has 34 heavy (non-hydrogen) atoms. The van der Waals surface area contributed by atoms with Gasteiger partial charge in [0.1, 0.15) is 5.69 Å². The third-order valence-electron chi connectivity index (χ3n) is 6.86. The van der Waals surface area contributed by atoms with E-state index in [1.54, 1.807) is 0 Å². The molecule has 6 nitrogen and oxygen atoms in total. The van der Waals surface area contributed by atoms with Gasteiger partial charge in [-0.3, -0.25) is 10.1 Å². The number of hydrogen-bond acceptors (Lipinski definition) is 4. The van der Waals surface area contributed by atoms with Crippen molar-refractivity contribution in [2.24, 2.45) is 0 Å². The van der Waals surface area contributed by atoms with Gasteiger partial charge >= 0.3 is 0 Å². The molecule has 172 valence electrons. The quantitative estimate of drug-likeness (QED) is 0.302. The van der Waals surface area contributed by atoms with Gasteiger partial charge in [-0.1, -0.05) is 19.1 Å². The molecule has 5 aromatic rings. The van der Waals surface area contributed by atoms with Gasteiger partial charge in [0.25, 0.3) is 0 Å². The molecule has 0 aliphatic carbocycles. The van der Waals surface area contributed by atoms with Crippen molar-refractivity contribution in [3.8, 4) is 22.5 Å². The molecule has 0 atom stereocenters. The van der Waals surface area contributed by atoms with Crippen molar-refractivity contribution in [1.29, 1.82) is 0 Å². The maximum atomic E-state index is 4.70. The lowest BCUT2D eigenvalue weighted by atomic mass is 10.0. The average Bonchev–Trinajstić information content (AvgIpc) is 3.51. The van der Waals surface area contributed by atoms with Gasteiger partial charge in [0.05, 0.1) is 11.2 Å². The van der Waals surface area contributed by atoms with Crippen LogP contribution in [-0.2, 0) is 6.54 Å². The van der Waals surface area contributed by atoms with Gasteiger partial charge in [-0.05, 0) is 73.3 Å². The highest BCUT2D eigenvalue weighted by atomic mass is 15.1. The lowest BCUT2D eigenvalue weighted by molar-refractivity contribution is 0.579. The van der Waals surface area contributed by atoms with Crippen LogP contribution < -0.4 is 10.2 Å². The van der Waals surface area contributed by atoms with E-state index in [1.807, 2.05) is 12.4 Å². The predicted molar refractivity (Wildman–Crippen MR) is 140 cm³/mol. The minimum absolute atomic E-state index is 0.824. The second-order valence-corrected chi connectivity index (χ2v) is 9.16. The summed E-state index contributed by atoms with van der Waals surface area (Å²) in [7, 11) is 0. The lowest BCUT2D eigenvalue weighted by Gasteiger charge is -2.29. The lowest BCUT2D eigenvalue weighted by Crippen LogP contribution is -2.29. The highest BCUT2D eigenvalue weighted by Gasteiger charge is 2.17. The first-order valence-electron chi connectivity index (χ1n) is 12.3. The van der Waals surface area contributed by atoms with Gasteiger partial charge in [0.2, 0.25) is 0 Å². The molecule has 0 unspecified atom stereocenters. The summed E-state index contributed by atoms with van der Waals surface area (Å²) < 4.78 is 0. The Morgan fingerprint density at radius 3 is 2.71 bits per heavy atom. The van der Waals surface area contributed by atoms with E-state index in [4.69, 9.17) is 5.10 Å². The summed E-state index contributed by atoms with van der Waals surface area (Å²) in [5.41, 5.74) is 8.96. The van der Waals surface area contributed by atoms with E-state index >= 15 is 0 Å². The highest BCUT2D eigenvalue weighted by Crippen LogP contribution is 2.35. The number of anilines is 1. The molecule has 4 heterocycles. The summed E-state index contributed by atoms with van der Waals surface area (Å²) >= 11 is 0. The molecule has 1 saturated heterocycles. The van der Waals surface area contributed by atoms with Crippen LogP contribution in [0.4, 0.5) is 5.69 Å². The Hall–Kier alpha value is -3.64. The van der Waals surface area contributed by atoms with E-state index < -0.39 is 0 Å². The van der Waals surface area contributed by atoms with Crippen molar-refractivity contribution in [1.82, 2.24) is 25.5 Å². The summed E-state index contributed by atoms with van der Waals surface area (Å²) in [6.07, 6.45) is 7.73. The van der Waals surface area contributed by atoms with Crippen LogP contribution in [0.25, 0.3) is 44.3 Å². The topological polar surface area (TPSA) is 72.6 Å². The standard InChI is InChI=1S/C28H30N6/c1-2-29-16-19-13-21(18-30-17-19)20-9-10-25-23(14-20)28(33-32-25)26-15-22-24(31-26)7-6-8-27(22)34-11-4-3-5-12-34/h6-10,13-15,17-18,29,31H,2-5,11-12,16H2,1H3,(H,32,33). The minimum atomic E-state index is 0.824. The second-order valence-electron chi connectivity index (χ2n) is 9.16. The maximum absolute atomic E-state index is 4.70. The van der Waals surface area contributed by atoms with Gasteiger partial charge in [-0.15, -0.1) is 0 Å². The largest absolute Gasteiger partial charge is 0.371 e. The Morgan fingerprint density at radius 2 is 1.82 bits per heavy atom. The molecule has 0 bridgehead atoms. The molecule has 0 amide bonds. The molecular formula is C28H30N6. The van der Waals surface area contributed by atoms with E-state index in [2.05, 4.69) is 80.7 Å². The van der Waals surface area contributed by atoms with Gasteiger partial charge in [0.15, 0.2) is 0 Å². The smallest absolute Gasteiger partial charge is 0.116 e. The maximum Gasteiger partial charge on any atom is 0.116 e. The van der Waals surface area contributed by atoms with Crippen molar-refractivity contribution in [2.75, 3.05) is 24.5 Å². The third kappa shape index (κ3) is 3.84. The van der Waals surface area contributed by atoms with Crippen LogP contribution in [0.1, 0.15) is 31.7 Å². The summed E-state index contributed by atoms with van der Waals surface area (Å²) in [4.78, 5) is 10.6. The van der Waals surface area contributed by atoms with Crippen molar-refractivity contribution >= 4 is 27.5 Å². The molecule has 3 N–H and O–H groups in total. The van der Waals surface area contributed by atoms with Crippen LogP contribution in [0.15, 0.2) is 60.9 Å². The summed E-state index contributed by atoms with van der Waals surface area (Å²) in [5, 5.41) is 13.7. The number of benzene rings is 2. The zero-order valence-corrected chi connectivity index (χ0v) is 19.6. The number of aromatic nitrogens is 4. The van der Waals surface area contributed by atoms with Crippen LogP contribution in [0, 0.1) is 0 Å². The number of nitrogens with zero attached hydrogens (tertiary/aromatic N) is 3. The van der Waals surface area contributed by atoms with Gasteiger partial charge in [-0.25, -0.2) is 0 Å². The molecule has 0 radical (unpaired) electrons. The molecule has 6 rings (SSSR count). The summed E-state index contributed by atoms with van der Waals surface area (Å²) in [6, 6.07) is 17.5. The van der Waals surface area contributed by atoms with Crippen molar-refractivity contribution < 1.29 is 0 Å². The number of rotatable bonds is 6. The predicted octanol–water partition coefficient (Wildman–Crippen LogP) is 5.87. The molecule has 2 aromatic carbocycles. The Kier molecular flexibility index (Phi) is 5.51. The fourth-order valence-corrected chi connectivity index (χ4v) is 5.09. The number of pyridine rings is 1. The zero-order chi connectivity index (χ0) is 22.9. The first-order valence-corrected chi connectivity index (χ1v) is 12.3. The first kappa shape index (κ1) is 20.9. The van der Waals surface area contributed by atoms with Gasteiger partial charge < -0.3 is 15.2 Å². The van der Waals surface area contributed by atoms with Crippen LogP contribution >= 0.6 is 0 Å². The summed E-state index contributed by atoms with van der Waals surface area (Å²) in [6.45, 7) is 6.15. The van der Waals surface area contributed by atoms with Crippen LogP contribution in [-0.4, -0.2) is 39.8 Å². The molecule has 0 saturated carbocycles. The SMILES string of the molecule is CCNCc1cncc(-c2ccc3[nH]nc(-c4cc5c(N6CCCCC6)cccc5[nH]4)c3c2)c1. The molecule has 1 fully saturated rings. The van der Waals surface area contributed by atoms with E-state index in [9.17, 15) is 0 Å². The van der Waals surface area contributed by atoms with Crippen LogP contribution in [0.5, 0.6) is 0 Å². The van der Waals surface area contributed by atoms with E-state index in [1.165, 1.54) is 35.9 Å². The zero-order valence-electron chi connectivity index (χ0n) is 19.6. The van der Waals surface area contributed by atoms with Crippen LogP contribution in [0.2, 0.25) is 0 Å². The molecular weight excluding hydrogens is 420 g/mol. The Bertz CT molecular complexity index is 1440. The van der Waals surface area contributed by atoms with E-state index in [-0.39, 0.29) is 0 Å².